The van der Waals surface area contributed by atoms with E-state index in [-0.39, 0.29) is 5.41 Å². The number of benzene rings is 1. The fraction of sp³-hybridized carbons (Fsp3) is 0.286. The number of nitrogens with one attached hydrogen (secondary N) is 1. The summed E-state index contributed by atoms with van der Waals surface area (Å²) in [5, 5.41) is 0. The Balaban J connectivity index is 2.30. The number of hydrogen-bond donors (Lipinski definition) is 2. The highest BCUT2D eigenvalue weighted by molar-refractivity contribution is 9.10. The maximum Gasteiger partial charge on any atom is 0.240 e. The SMILES string of the molecule is CC(C)(C)c1cccc(Oc2nc(NN)ncc2Br)c1. The second-order valence-corrected chi connectivity index (χ2v) is 6.23. The van der Waals surface area contributed by atoms with E-state index in [0.717, 1.165) is 5.75 Å². The summed E-state index contributed by atoms with van der Waals surface area (Å²) < 4.78 is 6.46. The van der Waals surface area contributed by atoms with Gasteiger partial charge >= 0.3 is 0 Å². The number of aromatic nitrogens is 2. The van der Waals surface area contributed by atoms with Crippen molar-refractivity contribution in [1.29, 1.82) is 0 Å². The molecule has 20 heavy (non-hydrogen) atoms. The van der Waals surface area contributed by atoms with Crippen LogP contribution in [0, 0.1) is 0 Å². The van der Waals surface area contributed by atoms with Crippen molar-refractivity contribution in [2.24, 2.45) is 5.84 Å². The van der Waals surface area contributed by atoms with E-state index in [0.29, 0.717) is 16.3 Å². The van der Waals surface area contributed by atoms with E-state index in [4.69, 9.17) is 10.6 Å². The average molecular weight is 337 g/mol. The van der Waals surface area contributed by atoms with Gasteiger partial charge in [0.2, 0.25) is 11.8 Å². The third kappa shape index (κ3) is 3.46. The molecule has 2 rings (SSSR count). The Bertz CT molecular complexity index is 610. The van der Waals surface area contributed by atoms with E-state index in [1.54, 1.807) is 6.20 Å². The van der Waals surface area contributed by atoms with Gasteiger partial charge in [-0.3, -0.25) is 5.43 Å². The van der Waals surface area contributed by atoms with Crippen molar-refractivity contribution < 1.29 is 4.74 Å². The van der Waals surface area contributed by atoms with Gasteiger partial charge in [-0.15, -0.1) is 0 Å². The molecule has 0 spiro atoms. The maximum atomic E-state index is 5.79. The fourth-order valence-corrected chi connectivity index (χ4v) is 1.90. The molecule has 106 valence electrons. The predicted molar refractivity (Wildman–Crippen MR) is 82.8 cm³/mol. The molecule has 0 saturated heterocycles. The molecule has 0 fully saturated rings. The number of halogens is 1. The van der Waals surface area contributed by atoms with Crippen molar-refractivity contribution in [2.75, 3.05) is 5.43 Å². The van der Waals surface area contributed by atoms with E-state index < -0.39 is 0 Å². The molecular weight excluding hydrogens is 320 g/mol. The van der Waals surface area contributed by atoms with Crippen molar-refractivity contribution in [3.63, 3.8) is 0 Å². The molecule has 0 amide bonds. The Hall–Kier alpha value is -1.66. The second kappa shape index (κ2) is 5.76. The summed E-state index contributed by atoms with van der Waals surface area (Å²) in [6, 6.07) is 7.94. The topological polar surface area (TPSA) is 73.1 Å². The number of hydrogen-bond acceptors (Lipinski definition) is 5. The Morgan fingerprint density at radius 1 is 1.30 bits per heavy atom. The molecule has 0 saturated carbocycles. The third-order valence-electron chi connectivity index (χ3n) is 2.76. The van der Waals surface area contributed by atoms with Crippen LogP contribution in [-0.2, 0) is 5.41 Å². The Labute approximate surface area is 126 Å². The first-order valence-corrected chi connectivity index (χ1v) is 6.97. The molecule has 0 aliphatic carbocycles. The van der Waals surface area contributed by atoms with Gasteiger partial charge in [0.1, 0.15) is 5.75 Å². The summed E-state index contributed by atoms with van der Waals surface area (Å²) >= 11 is 3.36. The Morgan fingerprint density at radius 3 is 2.70 bits per heavy atom. The first-order chi connectivity index (χ1) is 9.40. The number of nitrogen functional groups attached to an aromatic ring is 1. The van der Waals surface area contributed by atoms with Gasteiger partial charge in [-0.05, 0) is 39.0 Å². The number of rotatable bonds is 3. The first-order valence-electron chi connectivity index (χ1n) is 6.17. The lowest BCUT2D eigenvalue weighted by molar-refractivity contribution is 0.456. The summed E-state index contributed by atoms with van der Waals surface area (Å²) in [5.74, 6) is 6.74. The monoisotopic (exact) mass is 336 g/mol. The van der Waals surface area contributed by atoms with Crippen LogP contribution in [0.2, 0.25) is 0 Å². The van der Waals surface area contributed by atoms with E-state index in [2.05, 4.69) is 58.2 Å². The zero-order valence-electron chi connectivity index (χ0n) is 11.6. The van der Waals surface area contributed by atoms with Crippen LogP contribution < -0.4 is 16.0 Å². The van der Waals surface area contributed by atoms with Crippen LogP contribution >= 0.6 is 15.9 Å². The summed E-state index contributed by atoms with van der Waals surface area (Å²) in [6.07, 6.45) is 1.59. The lowest BCUT2D eigenvalue weighted by atomic mass is 9.87. The summed E-state index contributed by atoms with van der Waals surface area (Å²) in [4.78, 5) is 8.14. The lowest BCUT2D eigenvalue weighted by Crippen LogP contribution is -2.11. The molecule has 3 N–H and O–H groups in total. The van der Waals surface area contributed by atoms with Crippen LogP contribution in [0.25, 0.3) is 0 Å². The molecule has 6 heteroatoms. The van der Waals surface area contributed by atoms with E-state index in [1.807, 2.05) is 18.2 Å². The van der Waals surface area contributed by atoms with Crippen LogP contribution in [0.1, 0.15) is 26.3 Å². The van der Waals surface area contributed by atoms with Crippen LogP contribution in [0.15, 0.2) is 34.9 Å². The summed E-state index contributed by atoms with van der Waals surface area (Å²) in [5.41, 5.74) is 3.65. The molecule has 0 unspecified atom stereocenters. The number of hydrazine groups is 1. The standard InChI is InChI=1S/C14H17BrN4O/c1-14(2,3)9-5-4-6-10(7-9)20-12-11(15)8-17-13(18-12)19-16/h4-8H,16H2,1-3H3,(H,17,18,19). The second-order valence-electron chi connectivity index (χ2n) is 5.37. The van der Waals surface area contributed by atoms with Crippen molar-refractivity contribution in [3.8, 4) is 11.6 Å². The van der Waals surface area contributed by atoms with Crippen LogP contribution in [0.5, 0.6) is 11.6 Å². The maximum absolute atomic E-state index is 5.79. The average Bonchev–Trinajstić information content (AvgIpc) is 2.41. The minimum Gasteiger partial charge on any atom is -0.438 e. The quantitative estimate of drug-likeness (QED) is 0.661. The van der Waals surface area contributed by atoms with Gasteiger partial charge in [0.05, 0.1) is 10.7 Å². The van der Waals surface area contributed by atoms with Gasteiger partial charge in [0, 0.05) is 0 Å². The minimum atomic E-state index is 0.0618. The third-order valence-corrected chi connectivity index (χ3v) is 3.30. The fourth-order valence-electron chi connectivity index (χ4n) is 1.63. The van der Waals surface area contributed by atoms with E-state index >= 15 is 0 Å². The lowest BCUT2D eigenvalue weighted by Gasteiger charge is -2.19. The molecule has 1 aromatic heterocycles. The zero-order valence-corrected chi connectivity index (χ0v) is 13.2. The largest absolute Gasteiger partial charge is 0.438 e. The van der Waals surface area contributed by atoms with Gasteiger partial charge in [-0.2, -0.15) is 4.98 Å². The molecular formula is C14H17BrN4O. The first kappa shape index (κ1) is 14.7. The number of nitrogens with two attached hydrogens (primary N) is 1. The number of ether oxygens (including phenoxy) is 1. The molecule has 1 heterocycles. The normalized spacial score (nSPS) is 11.2. The Morgan fingerprint density at radius 2 is 2.05 bits per heavy atom. The van der Waals surface area contributed by atoms with Crippen molar-refractivity contribution in [1.82, 2.24) is 9.97 Å². The highest BCUT2D eigenvalue weighted by Crippen LogP contribution is 2.31. The van der Waals surface area contributed by atoms with Crippen molar-refractivity contribution in [2.45, 2.75) is 26.2 Å². The molecule has 0 aliphatic heterocycles. The van der Waals surface area contributed by atoms with Gasteiger partial charge in [-0.1, -0.05) is 32.9 Å². The molecule has 0 radical (unpaired) electrons. The molecule has 5 nitrogen and oxygen atoms in total. The summed E-state index contributed by atoms with van der Waals surface area (Å²) in [7, 11) is 0. The van der Waals surface area contributed by atoms with Crippen LogP contribution in [0.4, 0.5) is 5.95 Å². The molecule has 0 atom stereocenters. The van der Waals surface area contributed by atoms with Gasteiger partial charge in [0.15, 0.2) is 0 Å². The predicted octanol–water partition coefficient (Wildman–Crippen LogP) is 3.61. The van der Waals surface area contributed by atoms with Gasteiger partial charge in [0.25, 0.3) is 0 Å². The number of anilines is 1. The molecule has 0 aliphatic rings. The molecule has 1 aromatic carbocycles. The van der Waals surface area contributed by atoms with E-state index in [9.17, 15) is 0 Å². The van der Waals surface area contributed by atoms with Crippen LogP contribution in [0.3, 0.4) is 0 Å². The minimum absolute atomic E-state index is 0.0618. The smallest absolute Gasteiger partial charge is 0.240 e. The summed E-state index contributed by atoms with van der Waals surface area (Å²) in [6.45, 7) is 6.47. The highest BCUT2D eigenvalue weighted by Gasteiger charge is 2.15. The van der Waals surface area contributed by atoms with Gasteiger partial charge < -0.3 is 4.74 Å². The molecule has 0 bridgehead atoms. The van der Waals surface area contributed by atoms with Crippen molar-refractivity contribution in [3.05, 3.63) is 40.5 Å². The molecule has 2 aromatic rings. The zero-order chi connectivity index (χ0) is 14.8. The van der Waals surface area contributed by atoms with Crippen LogP contribution in [-0.4, -0.2) is 9.97 Å². The number of nitrogens with zero attached hydrogens (tertiary/aromatic N) is 2. The highest BCUT2D eigenvalue weighted by atomic mass is 79.9. The van der Waals surface area contributed by atoms with E-state index in [1.165, 1.54) is 5.56 Å². The van der Waals surface area contributed by atoms with Crippen molar-refractivity contribution >= 4 is 21.9 Å². The Kier molecular flexibility index (Phi) is 4.25. The van der Waals surface area contributed by atoms with Gasteiger partial charge in [-0.25, -0.2) is 10.8 Å².